The first-order valence-corrected chi connectivity index (χ1v) is 13.2. The number of fused-ring (bicyclic) bond motifs is 3. The third-order valence-corrected chi connectivity index (χ3v) is 8.81. The summed E-state index contributed by atoms with van der Waals surface area (Å²) in [7, 11) is 0. The Kier molecular flexibility index (Phi) is 5.98. The molecular formula is C28H37N3O7. The SMILES string of the molecule is CC1(C)CC(Nc2ccc3c(c2O)C(O)=C2C(=O)[C@]4(O)C(=O)C(C(N)=O)C(O)C[C@@H]4C[C@@H]2C3)CC(C)(C)N1. The van der Waals surface area contributed by atoms with Crippen molar-refractivity contribution in [1.29, 1.82) is 0 Å². The van der Waals surface area contributed by atoms with Crippen molar-refractivity contribution < 1.29 is 34.8 Å². The number of carbonyl (C=O) groups excluding carboxylic acids is 3. The quantitative estimate of drug-likeness (QED) is 0.225. The fraction of sp³-hybridized carbons (Fsp3) is 0.607. The lowest BCUT2D eigenvalue weighted by Gasteiger charge is -2.48. The van der Waals surface area contributed by atoms with E-state index in [1.165, 1.54) is 0 Å². The van der Waals surface area contributed by atoms with Gasteiger partial charge in [0.05, 0.1) is 17.4 Å². The van der Waals surface area contributed by atoms with E-state index in [0.717, 1.165) is 12.8 Å². The molecule has 0 aromatic heterocycles. The number of aromatic hydroxyl groups is 1. The smallest absolute Gasteiger partial charge is 0.230 e. The van der Waals surface area contributed by atoms with Gasteiger partial charge in [0.25, 0.3) is 0 Å². The Balaban J connectivity index is 1.52. The number of nitrogens with one attached hydrogen (secondary N) is 2. The van der Waals surface area contributed by atoms with Crippen LogP contribution in [0.4, 0.5) is 5.69 Å². The topological polar surface area (TPSA) is 182 Å². The Bertz CT molecular complexity index is 1250. The number of nitrogens with two attached hydrogens (primary N) is 1. The molecule has 10 heteroatoms. The van der Waals surface area contributed by atoms with Crippen LogP contribution in [0.3, 0.4) is 0 Å². The maximum absolute atomic E-state index is 13.7. The summed E-state index contributed by atoms with van der Waals surface area (Å²) in [6, 6.07) is 3.60. The summed E-state index contributed by atoms with van der Waals surface area (Å²) in [4.78, 5) is 38.6. The van der Waals surface area contributed by atoms with E-state index in [4.69, 9.17) is 5.73 Å². The average molecular weight is 528 g/mol. The number of carbonyl (C=O) groups is 3. The predicted molar refractivity (Wildman–Crippen MR) is 139 cm³/mol. The van der Waals surface area contributed by atoms with Crippen molar-refractivity contribution in [2.45, 2.75) is 88.6 Å². The Labute approximate surface area is 221 Å². The summed E-state index contributed by atoms with van der Waals surface area (Å²) in [6.45, 7) is 8.47. The molecule has 5 atom stereocenters. The third kappa shape index (κ3) is 4.01. The van der Waals surface area contributed by atoms with E-state index < -0.39 is 52.7 Å². The second-order valence-corrected chi connectivity index (χ2v) is 12.9. The van der Waals surface area contributed by atoms with Gasteiger partial charge in [-0.05, 0) is 77.3 Å². The standard InChI is InChI=1S/C28H37N3O7/c1-26(2)10-15(11-27(3,4)31-26)30-16-6-5-12-7-13-8-14-9-17(32)20(25(29)37)24(36)28(14,38)23(35)19(13)22(34)18(12)21(16)33/h5-6,13-15,17,20,30-34,38H,7-11H2,1-4H3,(H2,29,37)/t13-,14-,17?,20?,28-/m0/s1. The van der Waals surface area contributed by atoms with Gasteiger partial charge in [-0.1, -0.05) is 6.07 Å². The molecule has 5 rings (SSSR count). The number of anilines is 1. The van der Waals surface area contributed by atoms with E-state index in [1.807, 2.05) is 0 Å². The molecule has 0 bridgehead atoms. The first-order chi connectivity index (χ1) is 17.6. The Morgan fingerprint density at radius 1 is 1.08 bits per heavy atom. The molecule has 1 saturated heterocycles. The van der Waals surface area contributed by atoms with Gasteiger partial charge in [0, 0.05) is 28.6 Å². The van der Waals surface area contributed by atoms with Gasteiger partial charge in [-0.3, -0.25) is 14.4 Å². The Morgan fingerprint density at radius 2 is 1.71 bits per heavy atom. The Hall–Kier alpha value is -2.95. The largest absolute Gasteiger partial charge is 0.507 e. The van der Waals surface area contributed by atoms with Crippen LogP contribution in [-0.2, 0) is 20.8 Å². The monoisotopic (exact) mass is 527 g/mol. The zero-order chi connectivity index (χ0) is 27.9. The van der Waals surface area contributed by atoms with Crippen molar-refractivity contribution in [1.82, 2.24) is 5.32 Å². The molecule has 1 heterocycles. The lowest BCUT2D eigenvalue weighted by molar-refractivity contribution is -0.174. The second-order valence-electron chi connectivity index (χ2n) is 12.9. The molecule has 1 aliphatic heterocycles. The van der Waals surface area contributed by atoms with Crippen molar-refractivity contribution >= 4 is 28.9 Å². The summed E-state index contributed by atoms with van der Waals surface area (Å²) in [5, 5.41) is 51.3. The van der Waals surface area contributed by atoms with Crippen LogP contribution in [0.5, 0.6) is 5.75 Å². The van der Waals surface area contributed by atoms with Crippen LogP contribution in [0.1, 0.15) is 64.5 Å². The summed E-state index contributed by atoms with van der Waals surface area (Å²) in [5.74, 6) is -7.08. The van der Waals surface area contributed by atoms with Crippen molar-refractivity contribution in [3.05, 3.63) is 28.8 Å². The number of primary amides is 1. The minimum absolute atomic E-state index is 0.0335. The average Bonchev–Trinajstić information content (AvgIpc) is 2.75. The van der Waals surface area contributed by atoms with Gasteiger partial charge in [0.15, 0.2) is 11.4 Å². The lowest BCUT2D eigenvalue weighted by atomic mass is 9.56. The number of amides is 1. The molecule has 0 radical (unpaired) electrons. The number of benzene rings is 1. The fourth-order valence-electron chi connectivity index (χ4n) is 7.66. The molecule has 0 spiro atoms. The van der Waals surface area contributed by atoms with Crippen LogP contribution in [-0.4, -0.2) is 66.7 Å². The van der Waals surface area contributed by atoms with Crippen LogP contribution >= 0.6 is 0 Å². The molecule has 2 saturated carbocycles. The van der Waals surface area contributed by atoms with Crippen molar-refractivity contribution in [2.24, 2.45) is 23.5 Å². The number of hydrogen-bond acceptors (Lipinski definition) is 9. The number of hydrogen-bond donors (Lipinski definition) is 7. The molecule has 10 nitrogen and oxygen atoms in total. The molecule has 4 aliphatic rings. The van der Waals surface area contributed by atoms with Crippen LogP contribution in [0.25, 0.3) is 5.76 Å². The first-order valence-electron chi connectivity index (χ1n) is 13.2. The van der Waals surface area contributed by atoms with Gasteiger partial charge >= 0.3 is 0 Å². The zero-order valence-electron chi connectivity index (χ0n) is 22.2. The molecule has 2 unspecified atom stereocenters. The molecule has 3 fully saturated rings. The van der Waals surface area contributed by atoms with E-state index in [2.05, 4.69) is 38.3 Å². The minimum Gasteiger partial charge on any atom is -0.507 e. The van der Waals surface area contributed by atoms with Crippen LogP contribution in [0.2, 0.25) is 0 Å². The number of phenolic OH excluding ortho intramolecular Hbond substituents is 1. The highest BCUT2D eigenvalue weighted by Crippen LogP contribution is 2.52. The Morgan fingerprint density at radius 3 is 2.32 bits per heavy atom. The molecule has 206 valence electrons. The molecule has 3 aliphatic carbocycles. The van der Waals surface area contributed by atoms with Gasteiger partial charge in [0.2, 0.25) is 11.7 Å². The number of ketones is 2. The summed E-state index contributed by atoms with van der Waals surface area (Å²) in [5.41, 5.74) is 3.46. The zero-order valence-corrected chi connectivity index (χ0v) is 22.2. The van der Waals surface area contributed by atoms with Crippen molar-refractivity contribution in [3.8, 4) is 5.75 Å². The second kappa shape index (κ2) is 8.53. The van der Waals surface area contributed by atoms with E-state index >= 15 is 0 Å². The predicted octanol–water partition coefficient (Wildman–Crippen LogP) is 1.31. The van der Waals surface area contributed by atoms with Gasteiger partial charge in [-0.25, -0.2) is 0 Å². The molecular weight excluding hydrogens is 490 g/mol. The van der Waals surface area contributed by atoms with Crippen LogP contribution < -0.4 is 16.4 Å². The van der Waals surface area contributed by atoms with Gasteiger partial charge < -0.3 is 36.8 Å². The maximum atomic E-state index is 13.7. The van der Waals surface area contributed by atoms with Crippen LogP contribution in [0.15, 0.2) is 17.7 Å². The molecule has 1 aromatic carbocycles. The molecule has 1 aromatic rings. The number of aliphatic hydroxyl groups is 3. The normalized spacial score (nSPS) is 34.3. The van der Waals surface area contributed by atoms with Gasteiger partial charge in [-0.2, -0.15) is 0 Å². The molecule has 38 heavy (non-hydrogen) atoms. The van der Waals surface area contributed by atoms with Gasteiger partial charge in [0.1, 0.15) is 17.4 Å². The lowest BCUT2D eigenvalue weighted by Crippen LogP contribution is -2.66. The van der Waals surface area contributed by atoms with E-state index in [9.17, 15) is 34.8 Å². The minimum atomic E-state index is -2.58. The first kappa shape index (κ1) is 26.6. The molecule has 1 amide bonds. The van der Waals surface area contributed by atoms with E-state index in [0.29, 0.717) is 17.7 Å². The number of phenols is 1. The number of Topliss-reactive ketones (excluding diaryl/α,β-unsaturated/α-hetero) is 2. The van der Waals surface area contributed by atoms with Gasteiger partial charge in [-0.15, -0.1) is 0 Å². The fourth-order valence-corrected chi connectivity index (χ4v) is 7.66. The van der Waals surface area contributed by atoms with E-state index in [-0.39, 0.29) is 46.8 Å². The highest BCUT2D eigenvalue weighted by Gasteiger charge is 2.63. The highest BCUT2D eigenvalue weighted by atomic mass is 16.3. The van der Waals surface area contributed by atoms with Crippen molar-refractivity contribution in [2.75, 3.05) is 5.32 Å². The number of rotatable bonds is 3. The van der Waals surface area contributed by atoms with E-state index in [1.54, 1.807) is 12.1 Å². The summed E-state index contributed by atoms with van der Waals surface area (Å²) < 4.78 is 0. The molecule has 8 N–H and O–H groups in total. The number of piperidine rings is 1. The number of aliphatic hydroxyl groups excluding tert-OH is 2. The third-order valence-electron chi connectivity index (χ3n) is 8.81. The summed E-state index contributed by atoms with van der Waals surface area (Å²) >= 11 is 0. The summed E-state index contributed by atoms with van der Waals surface area (Å²) in [6.07, 6.45) is 0.507. The maximum Gasteiger partial charge on any atom is 0.230 e. The van der Waals surface area contributed by atoms with Crippen molar-refractivity contribution in [3.63, 3.8) is 0 Å². The van der Waals surface area contributed by atoms with Crippen LogP contribution in [0, 0.1) is 17.8 Å². The highest BCUT2D eigenvalue weighted by molar-refractivity contribution is 6.24.